The van der Waals surface area contributed by atoms with Gasteiger partial charge >= 0.3 is 6.09 Å². The van der Waals surface area contributed by atoms with Crippen molar-refractivity contribution >= 4 is 23.5 Å². The minimum absolute atomic E-state index is 0.180. The van der Waals surface area contributed by atoms with Crippen LogP contribution in [-0.4, -0.2) is 55.7 Å². The number of hydrogen-bond acceptors (Lipinski definition) is 10. The molecule has 1 unspecified atom stereocenters. The molecule has 0 fully saturated rings. The maximum atomic E-state index is 13.4. The van der Waals surface area contributed by atoms with E-state index in [0.29, 0.717) is 5.56 Å². The Morgan fingerprint density at radius 3 is 2.43 bits per heavy atom. The van der Waals surface area contributed by atoms with Gasteiger partial charge in [0.2, 0.25) is 17.6 Å². The van der Waals surface area contributed by atoms with Crippen molar-refractivity contribution in [1.82, 2.24) is 30.0 Å². The normalized spacial score (nSPS) is 12.0. The Labute approximate surface area is 241 Å². The Morgan fingerprint density at radius 1 is 1.05 bits per heavy atom. The number of methoxy groups -OCH3 is 1. The summed E-state index contributed by atoms with van der Waals surface area (Å²) in [4.78, 5) is 60.2. The van der Waals surface area contributed by atoms with Crippen molar-refractivity contribution in [1.29, 1.82) is 0 Å². The highest BCUT2D eigenvalue weighted by Gasteiger charge is 2.34. The minimum Gasteiger partial charge on any atom is -0.453 e. The first-order valence-electron chi connectivity index (χ1n) is 13.1. The third kappa shape index (κ3) is 6.40. The van der Waals surface area contributed by atoms with Gasteiger partial charge in [-0.1, -0.05) is 50.2 Å². The standard InChI is InChI=1S/C29H31N7O6/c1-17(2)22(23(38)25-34-35-27(42-25)29(3,4)19-12-9-13-30-14-19)33-21(37)16-36-24(18-10-7-6-8-11-18)31-15-20(26(36)39)32-28(40)41-5/h6-15,17,22H,16H2,1-5H3,(H,32,40)(H,33,37). The number of aromatic nitrogens is 5. The monoisotopic (exact) mass is 573 g/mol. The number of nitrogens with one attached hydrogen (secondary N) is 2. The van der Waals surface area contributed by atoms with Gasteiger partial charge in [-0.3, -0.25) is 29.3 Å². The molecule has 0 spiro atoms. The zero-order valence-corrected chi connectivity index (χ0v) is 23.8. The van der Waals surface area contributed by atoms with Crippen LogP contribution in [0, 0.1) is 5.92 Å². The first-order valence-corrected chi connectivity index (χ1v) is 13.1. The van der Waals surface area contributed by atoms with Crippen molar-refractivity contribution in [3.8, 4) is 11.4 Å². The number of amides is 2. The molecule has 4 aromatic rings. The molecule has 3 aromatic heterocycles. The summed E-state index contributed by atoms with van der Waals surface area (Å²) >= 11 is 0. The third-order valence-corrected chi connectivity index (χ3v) is 6.62. The maximum absolute atomic E-state index is 13.4. The topological polar surface area (TPSA) is 171 Å². The van der Waals surface area contributed by atoms with Crippen LogP contribution >= 0.6 is 0 Å². The molecule has 218 valence electrons. The Kier molecular flexibility index (Phi) is 8.89. The zero-order chi connectivity index (χ0) is 30.4. The predicted molar refractivity (Wildman–Crippen MR) is 152 cm³/mol. The highest BCUT2D eigenvalue weighted by atomic mass is 16.5. The summed E-state index contributed by atoms with van der Waals surface area (Å²) in [5.74, 6) is -1.43. The van der Waals surface area contributed by atoms with Crippen molar-refractivity contribution in [2.45, 2.75) is 45.7 Å². The van der Waals surface area contributed by atoms with Gasteiger partial charge in [-0.2, -0.15) is 0 Å². The van der Waals surface area contributed by atoms with Crippen LogP contribution < -0.4 is 16.2 Å². The summed E-state index contributed by atoms with van der Waals surface area (Å²) in [7, 11) is 1.16. The molecule has 42 heavy (non-hydrogen) atoms. The average Bonchev–Trinajstić information content (AvgIpc) is 3.50. The lowest BCUT2D eigenvalue weighted by molar-refractivity contribution is -0.122. The van der Waals surface area contributed by atoms with E-state index in [1.807, 2.05) is 19.9 Å². The largest absolute Gasteiger partial charge is 0.453 e. The summed E-state index contributed by atoms with van der Waals surface area (Å²) < 4.78 is 11.5. The number of ether oxygens (including phenoxy) is 1. The molecule has 1 atom stereocenters. The van der Waals surface area contributed by atoms with Gasteiger partial charge in [-0.25, -0.2) is 9.78 Å². The smallest absolute Gasteiger partial charge is 0.411 e. The van der Waals surface area contributed by atoms with E-state index in [4.69, 9.17) is 4.42 Å². The molecular weight excluding hydrogens is 542 g/mol. The second-order valence-electron chi connectivity index (χ2n) is 10.3. The number of anilines is 1. The molecule has 13 nitrogen and oxygen atoms in total. The Hall–Kier alpha value is -5.20. The quantitative estimate of drug-likeness (QED) is 0.268. The number of nitrogens with zero attached hydrogens (tertiary/aromatic N) is 5. The summed E-state index contributed by atoms with van der Waals surface area (Å²) in [6.07, 6.45) is 3.65. The molecule has 0 aliphatic rings. The lowest BCUT2D eigenvalue weighted by Gasteiger charge is -2.21. The Morgan fingerprint density at radius 2 is 1.79 bits per heavy atom. The first kappa shape index (κ1) is 29.8. The van der Waals surface area contributed by atoms with Gasteiger partial charge in [0.15, 0.2) is 0 Å². The lowest BCUT2D eigenvalue weighted by Crippen LogP contribution is -2.46. The Balaban J connectivity index is 1.60. The van der Waals surface area contributed by atoms with Crippen LogP contribution in [0.3, 0.4) is 0 Å². The molecule has 0 saturated carbocycles. The van der Waals surface area contributed by atoms with Crippen molar-refractivity contribution in [3.05, 3.63) is 88.8 Å². The lowest BCUT2D eigenvalue weighted by atomic mass is 9.86. The maximum Gasteiger partial charge on any atom is 0.411 e. The van der Waals surface area contributed by atoms with E-state index < -0.39 is 41.3 Å². The fraction of sp³-hybridized carbons (Fsp3) is 0.310. The van der Waals surface area contributed by atoms with Gasteiger partial charge in [-0.05, 0) is 31.4 Å². The minimum atomic E-state index is -1.03. The van der Waals surface area contributed by atoms with E-state index in [0.717, 1.165) is 17.2 Å². The summed E-state index contributed by atoms with van der Waals surface area (Å²) in [5.41, 5.74) is -0.199. The van der Waals surface area contributed by atoms with Gasteiger partial charge in [0.05, 0.1) is 24.8 Å². The first-order chi connectivity index (χ1) is 20.0. The van der Waals surface area contributed by atoms with Gasteiger partial charge in [0, 0.05) is 18.0 Å². The fourth-order valence-corrected chi connectivity index (χ4v) is 4.17. The second-order valence-corrected chi connectivity index (χ2v) is 10.3. The summed E-state index contributed by atoms with van der Waals surface area (Å²) in [5, 5.41) is 13.1. The number of benzene rings is 1. The predicted octanol–water partition coefficient (Wildman–Crippen LogP) is 3.22. The van der Waals surface area contributed by atoms with E-state index in [1.54, 1.807) is 62.6 Å². The molecule has 3 heterocycles. The SMILES string of the molecule is COC(=O)Nc1cnc(-c2ccccc2)n(CC(=O)NC(C(=O)c2nnc(C(C)(C)c3cccnc3)o2)C(C)C)c1=O. The van der Waals surface area contributed by atoms with E-state index >= 15 is 0 Å². The molecule has 13 heteroatoms. The van der Waals surface area contributed by atoms with Crippen molar-refractivity contribution in [2.24, 2.45) is 5.92 Å². The number of hydrogen-bond donors (Lipinski definition) is 2. The molecule has 0 radical (unpaired) electrons. The molecular formula is C29H31N7O6. The van der Waals surface area contributed by atoms with Crippen molar-refractivity contribution in [2.75, 3.05) is 12.4 Å². The average molecular weight is 574 g/mol. The number of rotatable bonds is 10. The van der Waals surface area contributed by atoms with E-state index in [2.05, 4.69) is 35.5 Å². The van der Waals surface area contributed by atoms with Gasteiger partial charge in [0.25, 0.3) is 11.4 Å². The van der Waals surface area contributed by atoms with Gasteiger partial charge in [-0.15, -0.1) is 10.2 Å². The van der Waals surface area contributed by atoms with Crippen molar-refractivity contribution < 1.29 is 23.5 Å². The molecule has 2 amide bonds. The molecule has 0 aliphatic carbocycles. The third-order valence-electron chi connectivity index (χ3n) is 6.62. The zero-order valence-electron chi connectivity index (χ0n) is 23.8. The highest BCUT2D eigenvalue weighted by molar-refractivity contribution is 5.98. The number of ketones is 1. The second kappa shape index (κ2) is 12.5. The molecule has 2 N–H and O–H groups in total. The number of carbonyl (C=O) groups is 3. The molecule has 0 bridgehead atoms. The number of pyridine rings is 1. The van der Waals surface area contributed by atoms with Gasteiger partial charge in [0.1, 0.15) is 18.1 Å². The molecule has 0 saturated heterocycles. The highest BCUT2D eigenvalue weighted by Crippen LogP contribution is 2.30. The Bertz CT molecular complexity index is 1630. The van der Waals surface area contributed by atoms with E-state index in [9.17, 15) is 19.2 Å². The number of carbonyl (C=O) groups excluding carboxylic acids is 3. The number of Topliss-reactive ketones (excluding diaryl/α,β-unsaturated/α-hetero) is 1. The van der Waals surface area contributed by atoms with E-state index in [-0.39, 0.29) is 29.2 Å². The molecule has 1 aromatic carbocycles. The van der Waals surface area contributed by atoms with Crippen LogP contribution in [0.15, 0.2) is 70.3 Å². The van der Waals surface area contributed by atoms with Crippen LogP contribution in [0.2, 0.25) is 0 Å². The summed E-state index contributed by atoms with van der Waals surface area (Å²) in [6, 6.07) is 11.4. The summed E-state index contributed by atoms with van der Waals surface area (Å²) in [6.45, 7) is 6.75. The van der Waals surface area contributed by atoms with E-state index in [1.165, 1.54) is 6.20 Å². The van der Waals surface area contributed by atoms with Crippen molar-refractivity contribution in [3.63, 3.8) is 0 Å². The van der Waals surface area contributed by atoms with Crippen LogP contribution in [-0.2, 0) is 21.5 Å². The van der Waals surface area contributed by atoms with Crippen LogP contribution in [0.5, 0.6) is 0 Å². The van der Waals surface area contributed by atoms with Crippen LogP contribution in [0.4, 0.5) is 10.5 Å². The fourth-order valence-electron chi connectivity index (χ4n) is 4.17. The molecule has 4 rings (SSSR count). The van der Waals surface area contributed by atoms with Crippen LogP contribution in [0.25, 0.3) is 11.4 Å². The molecule has 0 aliphatic heterocycles. The van der Waals surface area contributed by atoms with Gasteiger partial charge < -0.3 is 14.5 Å². The van der Waals surface area contributed by atoms with Crippen LogP contribution in [0.1, 0.15) is 49.8 Å².